The minimum atomic E-state index is -3.47. The highest BCUT2D eigenvalue weighted by Crippen LogP contribution is 2.20. The quantitative estimate of drug-likeness (QED) is 0.639. The summed E-state index contributed by atoms with van der Waals surface area (Å²) in [5, 5.41) is 0.110. The number of aromatic amines is 1. The van der Waals surface area contributed by atoms with Crippen molar-refractivity contribution in [3.05, 3.63) is 12.0 Å². The number of rotatable bonds is 4. The van der Waals surface area contributed by atoms with E-state index in [-0.39, 0.29) is 17.1 Å². The molecule has 2 atom stereocenters. The third-order valence-electron chi connectivity index (χ3n) is 2.38. The number of nitrogens with one attached hydrogen (secondary N) is 2. The molecule has 2 rings (SSSR count). The van der Waals surface area contributed by atoms with Crippen LogP contribution in [0.1, 0.15) is 19.2 Å². The zero-order chi connectivity index (χ0) is 11.1. The molecule has 1 aromatic heterocycles. The summed E-state index contributed by atoms with van der Waals surface area (Å²) in [7, 11) is -3.47. The minimum absolute atomic E-state index is 0.0478. The Balaban J connectivity index is 2.14. The first-order valence-electron chi connectivity index (χ1n) is 4.84. The molecule has 0 amide bonds. The van der Waals surface area contributed by atoms with Gasteiger partial charge < -0.3 is 10.7 Å². The fourth-order valence-corrected chi connectivity index (χ4v) is 2.51. The number of nitrogens with zero attached hydrogens (tertiary/aromatic N) is 1. The van der Waals surface area contributed by atoms with Crippen molar-refractivity contribution in [3.8, 4) is 0 Å². The number of sulfonamides is 1. The third kappa shape index (κ3) is 2.19. The maximum Gasteiger partial charge on any atom is 0.257 e. The van der Waals surface area contributed by atoms with Gasteiger partial charge in [0, 0.05) is 18.5 Å². The molecular weight excluding hydrogens is 216 g/mol. The van der Waals surface area contributed by atoms with Crippen LogP contribution in [0.5, 0.6) is 0 Å². The smallest absolute Gasteiger partial charge is 0.257 e. The summed E-state index contributed by atoms with van der Waals surface area (Å²) in [6.45, 7) is 1.90. The van der Waals surface area contributed by atoms with Crippen LogP contribution < -0.4 is 10.5 Å². The average Bonchev–Trinajstić information content (AvgIpc) is 2.72. The Morgan fingerprint density at radius 3 is 2.87 bits per heavy atom. The zero-order valence-electron chi connectivity index (χ0n) is 8.40. The summed E-state index contributed by atoms with van der Waals surface area (Å²) in [5.74, 6) is 0.662. The van der Waals surface area contributed by atoms with Crippen molar-refractivity contribution in [2.45, 2.75) is 36.9 Å². The standard InChI is InChI=1S/C8H14N4O2S/c1-2-7-10-4-8(11-7)15(13,14)12-6-3-5(6)9/h4-6,12H,2-3,9H2,1H3,(H,10,11). The summed E-state index contributed by atoms with van der Waals surface area (Å²) >= 11 is 0. The van der Waals surface area contributed by atoms with E-state index in [1.807, 2.05) is 6.92 Å². The highest BCUT2D eigenvalue weighted by molar-refractivity contribution is 7.89. The van der Waals surface area contributed by atoms with E-state index in [0.29, 0.717) is 18.7 Å². The number of nitrogens with two attached hydrogens (primary N) is 1. The van der Waals surface area contributed by atoms with Crippen molar-refractivity contribution in [3.63, 3.8) is 0 Å². The summed E-state index contributed by atoms with van der Waals surface area (Å²) in [6.07, 6.45) is 2.71. The van der Waals surface area contributed by atoms with Gasteiger partial charge in [0.2, 0.25) is 0 Å². The van der Waals surface area contributed by atoms with Crippen molar-refractivity contribution in [2.24, 2.45) is 5.73 Å². The fourth-order valence-electron chi connectivity index (χ4n) is 1.27. The van der Waals surface area contributed by atoms with Gasteiger partial charge in [-0.25, -0.2) is 18.1 Å². The largest absolute Gasteiger partial charge is 0.332 e. The lowest BCUT2D eigenvalue weighted by Crippen LogP contribution is -2.30. The van der Waals surface area contributed by atoms with Gasteiger partial charge in [0.1, 0.15) is 5.82 Å². The molecule has 7 heteroatoms. The molecule has 0 radical (unpaired) electrons. The second kappa shape index (κ2) is 3.58. The maximum absolute atomic E-state index is 11.7. The summed E-state index contributed by atoms with van der Waals surface area (Å²) in [4.78, 5) is 6.69. The van der Waals surface area contributed by atoms with Crippen molar-refractivity contribution >= 4 is 10.0 Å². The molecule has 0 aliphatic heterocycles. The van der Waals surface area contributed by atoms with E-state index in [0.717, 1.165) is 0 Å². The molecule has 6 nitrogen and oxygen atoms in total. The fraction of sp³-hybridized carbons (Fsp3) is 0.625. The predicted molar refractivity (Wildman–Crippen MR) is 54.7 cm³/mol. The molecule has 1 saturated carbocycles. The SMILES string of the molecule is CCc1ncc(S(=O)(=O)NC2CC2N)[nH]1. The zero-order valence-corrected chi connectivity index (χ0v) is 9.21. The molecule has 1 heterocycles. The van der Waals surface area contributed by atoms with Crippen molar-refractivity contribution in [1.29, 1.82) is 0 Å². The lowest BCUT2D eigenvalue weighted by atomic mass is 10.5. The maximum atomic E-state index is 11.7. The van der Waals surface area contributed by atoms with Crippen LogP contribution in [0, 0.1) is 0 Å². The minimum Gasteiger partial charge on any atom is -0.332 e. The lowest BCUT2D eigenvalue weighted by molar-refractivity contribution is 0.576. The first-order chi connectivity index (χ1) is 7.03. The number of hydrogen-bond acceptors (Lipinski definition) is 4. The van der Waals surface area contributed by atoms with Gasteiger partial charge >= 0.3 is 0 Å². The Bertz CT molecular complexity index is 453. The first-order valence-corrected chi connectivity index (χ1v) is 6.33. The molecule has 1 aliphatic rings. The summed E-state index contributed by atoms with van der Waals surface area (Å²) in [5.41, 5.74) is 5.53. The molecule has 15 heavy (non-hydrogen) atoms. The van der Waals surface area contributed by atoms with Crippen LogP contribution in [0.2, 0.25) is 0 Å². The lowest BCUT2D eigenvalue weighted by Gasteiger charge is -2.02. The van der Waals surface area contributed by atoms with E-state index < -0.39 is 10.0 Å². The summed E-state index contributed by atoms with van der Waals surface area (Å²) < 4.78 is 25.9. The normalized spacial score (nSPS) is 25.5. The molecule has 1 aliphatic carbocycles. The van der Waals surface area contributed by atoms with Gasteiger partial charge in [-0.15, -0.1) is 0 Å². The molecule has 4 N–H and O–H groups in total. The number of H-pyrrole nitrogens is 1. The molecule has 0 saturated heterocycles. The highest BCUT2D eigenvalue weighted by Gasteiger charge is 2.37. The van der Waals surface area contributed by atoms with Crippen LogP contribution in [0.4, 0.5) is 0 Å². The Labute approximate surface area is 88.3 Å². The molecule has 84 valence electrons. The van der Waals surface area contributed by atoms with Crippen LogP contribution in [0.25, 0.3) is 0 Å². The van der Waals surface area contributed by atoms with Crippen molar-refractivity contribution < 1.29 is 8.42 Å². The number of imidazole rings is 1. The van der Waals surface area contributed by atoms with Gasteiger partial charge in [-0.2, -0.15) is 0 Å². The molecule has 1 fully saturated rings. The Hall–Kier alpha value is -0.920. The molecule has 0 bridgehead atoms. The monoisotopic (exact) mass is 230 g/mol. The summed E-state index contributed by atoms with van der Waals surface area (Å²) in [6, 6.07) is -0.170. The van der Waals surface area contributed by atoms with Gasteiger partial charge in [-0.3, -0.25) is 0 Å². The van der Waals surface area contributed by atoms with Gasteiger partial charge in [0.05, 0.1) is 6.20 Å². The van der Waals surface area contributed by atoms with Crippen molar-refractivity contribution in [2.75, 3.05) is 0 Å². The van der Waals surface area contributed by atoms with E-state index in [1.165, 1.54) is 6.20 Å². The van der Waals surface area contributed by atoms with E-state index in [1.54, 1.807) is 0 Å². The Morgan fingerprint density at radius 2 is 2.40 bits per heavy atom. The topological polar surface area (TPSA) is 101 Å². The van der Waals surface area contributed by atoms with E-state index >= 15 is 0 Å². The van der Waals surface area contributed by atoms with Crippen LogP contribution in [-0.2, 0) is 16.4 Å². The first kappa shape index (κ1) is 10.6. The second-order valence-electron chi connectivity index (χ2n) is 3.68. The van der Waals surface area contributed by atoms with Gasteiger partial charge in [0.15, 0.2) is 5.03 Å². The Morgan fingerprint density at radius 1 is 1.73 bits per heavy atom. The Kier molecular flexibility index (Phi) is 2.53. The average molecular weight is 230 g/mol. The van der Waals surface area contributed by atoms with Crippen LogP contribution >= 0.6 is 0 Å². The van der Waals surface area contributed by atoms with Crippen LogP contribution in [0.15, 0.2) is 11.2 Å². The second-order valence-corrected chi connectivity index (χ2v) is 5.36. The van der Waals surface area contributed by atoms with E-state index in [4.69, 9.17) is 5.73 Å². The van der Waals surface area contributed by atoms with E-state index in [2.05, 4.69) is 14.7 Å². The molecular formula is C8H14N4O2S. The van der Waals surface area contributed by atoms with Crippen LogP contribution in [0.3, 0.4) is 0 Å². The molecule has 0 aromatic carbocycles. The molecule has 0 spiro atoms. The third-order valence-corrected chi connectivity index (χ3v) is 3.78. The van der Waals surface area contributed by atoms with Crippen LogP contribution in [-0.4, -0.2) is 30.5 Å². The number of aryl methyl sites for hydroxylation is 1. The van der Waals surface area contributed by atoms with Gasteiger partial charge in [0.25, 0.3) is 10.0 Å². The highest BCUT2D eigenvalue weighted by atomic mass is 32.2. The van der Waals surface area contributed by atoms with Gasteiger partial charge in [-0.05, 0) is 6.42 Å². The molecule has 2 unspecified atom stereocenters. The van der Waals surface area contributed by atoms with Gasteiger partial charge in [-0.1, -0.05) is 6.92 Å². The van der Waals surface area contributed by atoms with E-state index in [9.17, 15) is 8.42 Å². The number of hydrogen-bond donors (Lipinski definition) is 3. The predicted octanol–water partition coefficient (Wildman–Crippen LogP) is -0.650. The van der Waals surface area contributed by atoms with Crippen molar-refractivity contribution in [1.82, 2.24) is 14.7 Å². The number of aromatic nitrogens is 2. The molecule has 1 aromatic rings.